The lowest BCUT2D eigenvalue weighted by molar-refractivity contribution is 0.0939. The first kappa shape index (κ1) is 28.5. The summed E-state index contributed by atoms with van der Waals surface area (Å²) in [4.78, 5) is 26.6. The van der Waals surface area contributed by atoms with Gasteiger partial charge >= 0.3 is 0 Å². The summed E-state index contributed by atoms with van der Waals surface area (Å²) in [5.74, 6) is 0.730. The quantitative estimate of drug-likeness (QED) is 0.243. The molecule has 1 aliphatic heterocycles. The largest absolute Gasteiger partial charge is 0.377 e. The maximum absolute atomic E-state index is 14.1. The lowest BCUT2D eigenvalue weighted by Gasteiger charge is -2.37. The van der Waals surface area contributed by atoms with Crippen molar-refractivity contribution in [2.75, 3.05) is 24.7 Å². The predicted molar refractivity (Wildman–Crippen MR) is 174 cm³/mol. The first-order chi connectivity index (χ1) is 21.2. The van der Waals surface area contributed by atoms with Gasteiger partial charge in [-0.1, -0.05) is 48.6 Å². The number of halogens is 1. The van der Waals surface area contributed by atoms with E-state index in [1.807, 2.05) is 55.5 Å². The average Bonchev–Trinajstić information content (AvgIpc) is 3.49. The number of nitrogens with one attached hydrogen (secondary N) is 1. The van der Waals surface area contributed by atoms with Crippen molar-refractivity contribution in [3.05, 3.63) is 118 Å². The van der Waals surface area contributed by atoms with Gasteiger partial charge in [0.2, 0.25) is 15.3 Å². The van der Waals surface area contributed by atoms with Gasteiger partial charge in [-0.25, -0.2) is 17.4 Å². The predicted octanol–water partition coefficient (Wildman–Crippen LogP) is 5.87. The molecule has 0 radical (unpaired) electrons. The Morgan fingerprint density at radius 2 is 1.91 bits per heavy atom. The van der Waals surface area contributed by atoms with Gasteiger partial charge in [0, 0.05) is 29.7 Å². The van der Waals surface area contributed by atoms with Crippen molar-refractivity contribution in [2.24, 2.45) is 0 Å². The third kappa shape index (κ3) is 4.56. The summed E-state index contributed by atoms with van der Waals surface area (Å²) >= 11 is 6.43. The Morgan fingerprint density at radius 3 is 2.70 bits per heavy atom. The highest BCUT2D eigenvalue weighted by molar-refractivity contribution is 7.91. The van der Waals surface area contributed by atoms with E-state index in [1.54, 1.807) is 19.1 Å². The molecular weight excluding hydrogens is 598 g/mol. The van der Waals surface area contributed by atoms with Crippen LogP contribution < -0.4 is 10.5 Å². The van der Waals surface area contributed by atoms with Crippen LogP contribution in [0.3, 0.4) is 0 Å². The fourth-order valence-electron chi connectivity index (χ4n) is 6.20. The summed E-state index contributed by atoms with van der Waals surface area (Å²) in [6.45, 7) is 5.26. The van der Waals surface area contributed by atoms with E-state index in [2.05, 4.69) is 27.0 Å². The van der Waals surface area contributed by atoms with Gasteiger partial charge in [-0.05, 0) is 78.4 Å². The highest BCUT2D eigenvalue weighted by atomic mass is 35.5. The summed E-state index contributed by atoms with van der Waals surface area (Å²) < 4.78 is 33.8. The molecule has 0 saturated carbocycles. The molecule has 3 aromatic heterocycles. The Hall–Kier alpha value is -4.25. The number of aromatic amines is 1. The summed E-state index contributed by atoms with van der Waals surface area (Å²) in [6, 6.07) is 19.4. The van der Waals surface area contributed by atoms with Gasteiger partial charge in [0.05, 0.1) is 24.8 Å². The highest BCUT2D eigenvalue weighted by Crippen LogP contribution is 2.41. The number of hydrogen-bond acceptors (Lipinski definition) is 7. The second kappa shape index (κ2) is 10.7. The van der Waals surface area contributed by atoms with Crippen LogP contribution in [-0.2, 0) is 14.8 Å². The fourth-order valence-corrected chi connectivity index (χ4v) is 8.21. The molecule has 1 aliphatic carbocycles. The number of pyridine rings is 1. The zero-order chi connectivity index (χ0) is 30.6. The third-order valence-electron chi connectivity index (χ3n) is 8.89. The first-order valence-corrected chi connectivity index (χ1v) is 16.2. The number of aromatic nitrogens is 4. The number of H-pyrrole nitrogens is 1. The molecule has 1 saturated heterocycles. The van der Waals surface area contributed by atoms with E-state index in [9.17, 15) is 13.2 Å². The lowest BCUT2D eigenvalue weighted by atomic mass is 9.87. The summed E-state index contributed by atoms with van der Waals surface area (Å²) in [7, 11) is -3.98. The van der Waals surface area contributed by atoms with Crippen molar-refractivity contribution in [2.45, 2.75) is 31.1 Å². The van der Waals surface area contributed by atoms with E-state index in [1.165, 1.54) is 12.4 Å². The number of anilines is 1. The molecule has 1 N–H and O–H groups in total. The van der Waals surface area contributed by atoms with E-state index < -0.39 is 20.3 Å². The average molecular weight is 628 g/mol. The van der Waals surface area contributed by atoms with Crippen molar-refractivity contribution in [1.29, 1.82) is 0 Å². The number of ether oxygens (including phenoxy) is 1. The molecule has 4 heterocycles. The minimum atomic E-state index is -3.98. The molecule has 9 nitrogen and oxygen atoms in total. The topological polar surface area (TPSA) is 110 Å². The van der Waals surface area contributed by atoms with Gasteiger partial charge in [-0.3, -0.25) is 4.79 Å². The van der Waals surface area contributed by atoms with E-state index in [0.717, 1.165) is 37.4 Å². The molecule has 44 heavy (non-hydrogen) atoms. The number of fused-ring (bicyclic) bond motifs is 2. The van der Waals surface area contributed by atoms with Crippen LogP contribution in [0, 0.1) is 0 Å². The molecule has 2 atom stereocenters. The number of rotatable bonds is 5. The minimum absolute atomic E-state index is 0.0401. The van der Waals surface area contributed by atoms with Crippen LogP contribution in [0.5, 0.6) is 0 Å². The molecule has 1 unspecified atom stereocenters. The van der Waals surface area contributed by atoms with Gasteiger partial charge < -0.3 is 14.6 Å². The fraction of sp³-hybridized carbons (Fsp3) is 0.242. The number of morpholine rings is 1. The minimum Gasteiger partial charge on any atom is -0.377 e. The second-order valence-electron chi connectivity index (χ2n) is 11.4. The number of nitrogens with zero attached hydrogens (tertiary/aromatic N) is 4. The molecule has 5 aromatic rings. The zero-order valence-corrected chi connectivity index (χ0v) is 25.8. The monoisotopic (exact) mass is 627 g/mol. The molecule has 0 amide bonds. The van der Waals surface area contributed by atoms with Crippen molar-refractivity contribution in [1.82, 2.24) is 18.9 Å². The Balaban J connectivity index is 1.27. The molecule has 11 heteroatoms. The Labute approximate surface area is 259 Å². The van der Waals surface area contributed by atoms with Crippen LogP contribution in [0.2, 0.25) is 5.28 Å². The van der Waals surface area contributed by atoms with Crippen molar-refractivity contribution in [3.8, 4) is 0 Å². The van der Waals surface area contributed by atoms with Gasteiger partial charge in [-0.15, -0.1) is 0 Å². The smallest absolute Gasteiger partial charge is 0.273 e. The molecule has 2 aliphatic rings. The van der Waals surface area contributed by atoms with Gasteiger partial charge in [0.15, 0.2) is 0 Å². The third-order valence-corrected chi connectivity index (χ3v) is 11.5. The van der Waals surface area contributed by atoms with Crippen LogP contribution in [0.4, 0.5) is 5.82 Å². The van der Waals surface area contributed by atoms with E-state index in [0.29, 0.717) is 30.7 Å². The van der Waals surface area contributed by atoms with Crippen LogP contribution in [-0.4, -0.2) is 51.8 Å². The summed E-state index contributed by atoms with van der Waals surface area (Å²) in [5, 5.41) is 1.59. The molecule has 224 valence electrons. The normalized spacial score (nSPS) is 21.0. The molecule has 1 fully saturated rings. The van der Waals surface area contributed by atoms with Crippen LogP contribution in [0.15, 0.2) is 95.6 Å². The zero-order valence-electron chi connectivity index (χ0n) is 24.2. The number of hydrogen-bond donors (Lipinski definition) is 1. The molecular formula is C33H30ClN5O4S. The summed E-state index contributed by atoms with van der Waals surface area (Å²) in [5.41, 5.74) is 4.00. The Kier molecular flexibility index (Phi) is 6.95. The second-order valence-corrected chi connectivity index (χ2v) is 14.0. The van der Waals surface area contributed by atoms with Crippen molar-refractivity contribution >= 4 is 54.8 Å². The molecule has 7 rings (SSSR count). The van der Waals surface area contributed by atoms with E-state index in [-0.39, 0.29) is 23.3 Å². The molecule has 0 bridgehead atoms. The SMILES string of the molecule is CC1=CC(c2ccc3nc(Cl)nc(N4CCOCC4c4ccccc4)c3c2)=CC[C@]1(C)S(=O)(=O)n1ccc2cc[nH]c(=O)c21. The van der Waals surface area contributed by atoms with E-state index in [4.69, 9.17) is 21.3 Å². The highest BCUT2D eigenvalue weighted by Gasteiger charge is 2.43. The standard InChI is InChI=1S/C33H30ClN5O4S/c1-21-18-25(10-13-33(21,2)44(41,42)39-15-12-23-11-14-35-31(40)29(23)39)24-8-9-27-26(19-24)30(37-32(34)36-27)38-16-17-43-20-28(38)22-6-4-3-5-7-22/h3-12,14-15,18-19,28H,13,16-17,20H2,1-2H3,(H,35,40)/t28?,33-/m0/s1. The lowest BCUT2D eigenvalue weighted by Crippen LogP contribution is -2.41. The maximum atomic E-state index is 14.1. The number of benzene rings is 2. The van der Waals surface area contributed by atoms with Gasteiger partial charge in [0.25, 0.3) is 5.56 Å². The van der Waals surface area contributed by atoms with Crippen LogP contribution in [0.1, 0.15) is 37.4 Å². The van der Waals surface area contributed by atoms with E-state index >= 15 is 0 Å². The Morgan fingerprint density at radius 1 is 1.09 bits per heavy atom. The van der Waals surface area contributed by atoms with Crippen molar-refractivity contribution < 1.29 is 13.2 Å². The van der Waals surface area contributed by atoms with Gasteiger partial charge in [-0.2, -0.15) is 4.98 Å². The first-order valence-electron chi connectivity index (χ1n) is 14.4. The van der Waals surface area contributed by atoms with Crippen LogP contribution in [0.25, 0.3) is 27.4 Å². The van der Waals surface area contributed by atoms with Crippen molar-refractivity contribution in [3.63, 3.8) is 0 Å². The number of allylic oxidation sites excluding steroid dienone is 3. The summed E-state index contributed by atoms with van der Waals surface area (Å²) in [6.07, 6.45) is 7.06. The van der Waals surface area contributed by atoms with Crippen LogP contribution >= 0.6 is 11.6 Å². The van der Waals surface area contributed by atoms with Gasteiger partial charge in [0.1, 0.15) is 16.1 Å². The molecule has 2 aromatic carbocycles. The molecule has 0 spiro atoms. The Bertz CT molecular complexity index is 2160. The maximum Gasteiger partial charge on any atom is 0.273 e.